The monoisotopic (exact) mass is 393 g/mol. The Morgan fingerprint density at radius 2 is 1.76 bits per heavy atom. The highest BCUT2D eigenvalue weighted by molar-refractivity contribution is 5.95. The number of aromatic nitrogens is 3. The van der Waals surface area contributed by atoms with Crippen molar-refractivity contribution in [2.24, 2.45) is 0 Å². The zero-order chi connectivity index (χ0) is 20.8. The fourth-order valence-corrected chi connectivity index (χ4v) is 3.46. The molecular formula is C23H27N3O3. The van der Waals surface area contributed by atoms with Crippen molar-refractivity contribution in [3.63, 3.8) is 0 Å². The number of aryl methyl sites for hydroxylation is 2. The summed E-state index contributed by atoms with van der Waals surface area (Å²) in [6.07, 6.45) is 3.84. The van der Waals surface area contributed by atoms with Gasteiger partial charge in [0.1, 0.15) is 5.82 Å². The van der Waals surface area contributed by atoms with Crippen LogP contribution in [0.25, 0.3) is 11.1 Å². The summed E-state index contributed by atoms with van der Waals surface area (Å²) in [7, 11) is 0. The number of carboxylic acid groups (broad SMARTS) is 1. The van der Waals surface area contributed by atoms with E-state index in [4.69, 9.17) is 0 Å². The Labute approximate surface area is 170 Å². The molecule has 0 amide bonds. The molecule has 0 fully saturated rings. The first-order chi connectivity index (χ1) is 14.0. The molecule has 3 rings (SSSR count). The fourth-order valence-electron chi connectivity index (χ4n) is 3.46. The number of carbonyl (C=O) groups is 1. The minimum Gasteiger partial charge on any atom is -0.478 e. The second-order valence-electron chi connectivity index (χ2n) is 7.12. The summed E-state index contributed by atoms with van der Waals surface area (Å²) >= 11 is 0. The molecule has 2 aromatic carbocycles. The zero-order valence-corrected chi connectivity index (χ0v) is 17.0. The van der Waals surface area contributed by atoms with Gasteiger partial charge in [0, 0.05) is 13.0 Å². The van der Waals surface area contributed by atoms with Gasteiger partial charge in [-0.25, -0.2) is 14.3 Å². The standard InChI is InChI=1S/C23H27N3O3/c1-3-5-8-15-26-23(29)25(21(4-2)24-26)16-17-11-13-18(14-12-17)19-9-6-7-10-20(19)22(27)28/h6-7,9-14H,3-5,8,15-16H2,1-2H3,(H,27,28). The number of rotatable bonds is 9. The number of nitrogens with zero attached hydrogens (tertiary/aromatic N) is 3. The zero-order valence-electron chi connectivity index (χ0n) is 17.0. The Morgan fingerprint density at radius 1 is 1.03 bits per heavy atom. The van der Waals surface area contributed by atoms with Crippen molar-refractivity contribution in [3.8, 4) is 11.1 Å². The molecule has 1 heterocycles. The Kier molecular flexibility index (Phi) is 6.65. The van der Waals surface area contributed by atoms with E-state index in [1.54, 1.807) is 27.4 Å². The fraction of sp³-hybridized carbons (Fsp3) is 0.348. The van der Waals surface area contributed by atoms with Gasteiger partial charge in [0.05, 0.1) is 12.1 Å². The summed E-state index contributed by atoms with van der Waals surface area (Å²) in [6.45, 7) is 5.24. The quantitative estimate of drug-likeness (QED) is 0.553. The molecule has 1 N–H and O–H groups in total. The highest BCUT2D eigenvalue weighted by atomic mass is 16.4. The highest BCUT2D eigenvalue weighted by Crippen LogP contribution is 2.24. The molecule has 0 aliphatic carbocycles. The van der Waals surface area contributed by atoms with E-state index in [0.717, 1.165) is 36.2 Å². The number of carboxylic acids is 1. The van der Waals surface area contributed by atoms with Crippen LogP contribution in [0, 0.1) is 0 Å². The van der Waals surface area contributed by atoms with Gasteiger partial charge in [-0.3, -0.25) is 4.57 Å². The molecular weight excluding hydrogens is 366 g/mol. The lowest BCUT2D eigenvalue weighted by Crippen LogP contribution is -2.26. The number of unbranched alkanes of at least 4 members (excludes halogenated alkanes) is 2. The molecule has 29 heavy (non-hydrogen) atoms. The number of hydrogen-bond donors (Lipinski definition) is 1. The second kappa shape index (κ2) is 9.37. The van der Waals surface area contributed by atoms with Gasteiger partial charge in [-0.2, -0.15) is 5.10 Å². The summed E-state index contributed by atoms with van der Waals surface area (Å²) in [4.78, 5) is 24.2. The van der Waals surface area contributed by atoms with Crippen molar-refractivity contribution in [2.75, 3.05) is 0 Å². The first-order valence-corrected chi connectivity index (χ1v) is 10.1. The summed E-state index contributed by atoms with van der Waals surface area (Å²) in [6, 6.07) is 14.6. The number of benzene rings is 2. The molecule has 0 atom stereocenters. The molecule has 0 radical (unpaired) electrons. The van der Waals surface area contributed by atoms with Crippen LogP contribution in [0.3, 0.4) is 0 Å². The Morgan fingerprint density at radius 3 is 2.41 bits per heavy atom. The molecule has 1 aromatic heterocycles. The molecule has 0 aliphatic rings. The lowest BCUT2D eigenvalue weighted by atomic mass is 9.99. The van der Waals surface area contributed by atoms with Gasteiger partial charge in [0.2, 0.25) is 0 Å². The van der Waals surface area contributed by atoms with Crippen LogP contribution in [-0.4, -0.2) is 25.4 Å². The molecule has 0 spiro atoms. The predicted molar refractivity (Wildman–Crippen MR) is 113 cm³/mol. The van der Waals surface area contributed by atoms with E-state index in [1.807, 2.05) is 37.3 Å². The molecule has 0 unspecified atom stereocenters. The van der Waals surface area contributed by atoms with E-state index in [1.165, 1.54) is 0 Å². The smallest absolute Gasteiger partial charge is 0.346 e. The lowest BCUT2D eigenvalue weighted by Gasteiger charge is -2.08. The van der Waals surface area contributed by atoms with Crippen LogP contribution < -0.4 is 5.69 Å². The molecule has 0 saturated carbocycles. The summed E-state index contributed by atoms with van der Waals surface area (Å²) in [5.74, 6) is -0.161. The first kappa shape index (κ1) is 20.6. The van der Waals surface area contributed by atoms with Crippen molar-refractivity contribution in [2.45, 2.75) is 52.6 Å². The Balaban J connectivity index is 1.84. The lowest BCUT2D eigenvalue weighted by molar-refractivity contribution is 0.0697. The molecule has 0 saturated heterocycles. The third-order valence-electron chi connectivity index (χ3n) is 5.05. The van der Waals surface area contributed by atoms with Crippen LogP contribution in [0.15, 0.2) is 53.3 Å². The van der Waals surface area contributed by atoms with Gasteiger partial charge in [-0.1, -0.05) is 69.2 Å². The van der Waals surface area contributed by atoms with Gasteiger partial charge in [0.15, 0.2) is 0 Å². The molecule has 0 bridgehead atoms. The molecule has 3 aromatic rings. The average molecular weight is 393 g/mol. The maximum absolute atomic E-state index is 12.8. The summed E-state index contributed by atoms with van der Waals surface area (Å²) < 4.78 is 3.30. The van der Waals surface area contributed by atoms with Gasteiger partial charge in [-0.15, -0.1) is 0 Å². The van der Waals surface area contributed by atoms with E-state index in [0.29, 0.717) is 25.1 Å². The third kappa shape index (κ3) is 4.65. The minimum atomic E-state index is -0.945. The SMILES string of the molecule is CCCCCn1nc(CC)n(Cc2ccc(-c3ccccc3C(=O)O)cc2)c1=O. The Hall–Kier alpha value is -3.15. The third-order valence-corrected chi connectivity index (χ3v) is 5.05. The van der Waals surface area contributed by atoms with Crippen LogP contribution in [0.1, 0.15) is 54.9 Å². The van der Waals surface area contributed by atoms with E-state index < -0.39 is 5.97 Å². The summed E-state index contributed by atoms with van der Waals surface area (Å²) in [5, 5.41) is 13.9. The van der Waals surface area contributed by atoms with Gasteiger partial charge < -0.3 is 5.11 Å². The van der Waals surface area contributed by atoms with Crippen LogP contribution in [0.5, 0.6) is 0 Å². The van der Waals surface area contributed by atoms with Crippen molar-refractivity contribution in [1.82, 2.24) is 14.3 Å². The van der Waals surface area contributed by atoms with E-state index in [-0.39, 0.29) is 11.3 Å². The Bertz CT molecular complexity index is 1030. The minimum absolute atomic E-state index is 0.0711. The van der Waals surface area contributed by atoms with Crippen LogP contribution in [-0.2, 0) is 19.5 Å². The van der Waals surface area contributed by atoms with E-state index >= 15 is 0 Å². The van der Waals surface area contributed by atoms with Gasteiger partial charge in [-0.05, 0) is 29.2 Å². The van der Waals surface area contributed by atoms with Crippen LogP contribution in [0.4, 0.5) is 0 Å². The van der Waals surface area contributed by atoms with Crippen molar-refractivity contribution < 1.29 is 9.90 Å². The van der Waals surface area contributed by atoms with Crippen LogP contribution >= 0.6 is 0 Å². The summed E-state index contributed by atoms with van der Waals surface area (Å²) in [5.41, 5.74) is 2.70. The van der Waals surface area contributed by atoms with Gasteiger partial charge in [0.25, 0.3) is 0 Å². The van der Waals surface area contributed by atoms with E-state index in [2.05, 4.69) is 12.0 Å². The average Bonchev–Trinajstić information content (AvgIpc) is 3.04. The largest absolute Gasteiger partial charge is 0.478 e. The first-order valence-electron chi connectivity index (χ1n) is 10.1. The van der Waals surface area contributed by atoms with Crippen LogP contribution in [0.2, 0.25) is 0 Å². The van der Waals surface area contributed by atoms with E-state index in [9.17, 15) is 14.7 Å². The maximum atomic E-state index is 12.8. The predicted octanol–water partition coefficient (Wildman–Crippen LogP) is 4.21. The second-order valence-corrected chi connectivity index (χ2v) is 7.12. The molecule has 6 heteroatoms. The van der Waals surface area contributed by atoms with Gasteiger partial charge >= 0.3 is 11.7 Å². The molecule has 152 valence electrons. The molecule has 0 aliphatic heterocycles. The van der Waals surface area contributed by atoms with Crippen molar-refractivity contribution in [1.29, 1.82) is 0 Å². The molecule has 6 nitrogen and oxygen atoms in total. The highest BCUT2D eigenvalue weighted by Gasteiger charge is 2.13. The number of hydrogen-bond acceptors (Lipinski definition) is 3. The normalized spacial score (nSPS) is 11.0. The maximum Gasteiger partial charge on any atom is 0.346 e. The number of aromatic carboxylic acids is 1. The topological polar surface area (TPSA) is 77.1 Å². The van der Waals surface area contributed by atoms with Crippen molar-refractivity contribution >= 4 is 5.97 Å². The van der Waals surface area contributed by atoms with Crippen molar-refractivity contribution in [3.05, 3.63) is 76.0 Å².